The number of nitrogens with one attached hydrogen (secondary N) is 2. The second-order valence-electron chi connectivity index (χ2n) is 6.70. The van der Waals surface area contributed by atoms with Gasteiger partial charge in [0.15, 0.2) is 5.84 Å². The van der Waals surface area contributed by atoms with E-state index in [9.17, 15) is 9.90 Å². The lowest BCUT2D eigenvalue weighted by Gasteiger charge is -2.27. The van der Waals surface area contributed by atoms with Crippen LogP contribution in [0.1, 0.15) is 30.9 Å². The van der Waals surface area contributed by atoms with E-state index in [2.05, 4.69) is 0 Å². The number of aromatic hydroxyl groups is 1. The summed E-state index contributed by atoms with van der Waals surface area (Å²) in [4.78, 5) is 12.9. The van der Waals surface area contributed by atoms with Crippen molar-refractivity contribution >= 4 is 23.3 Å². The van der Waals surface area contributed by atoms with Crippen LogP contribution in [-0.4, -0.2) is 44.0 Å². The highest BCUT2D eigenvalue weighted by Gasteiger charge is 2.28. The molecule has 2 aromatic rings. The number of benzene rings is 2. The van der Waals surface area contributed by atoms with Crippen molar-refractivity contribution in [3.8, 4) is 23.0 Å². The molecule has 0 fully saturated rings. The third-order valence-corrected chi connectivity index (χ3v) is 4.53. The van der Waals surface area contributed by atoms with Crippen molar-refractivity contribution in [2.45, 2.75) is 19.8 Å². The summed E-state index contributed by atoms with van der Waals surface area (Å²) in [5.74, 6) is -1.03. The van der Waals surface area contributed by atoms with Gasteiger partial charge in [0, 0.05) is 12.1 Å². The minimum absolute atomic E-state index is 0.0339. The quantitative estimate of drug-likeness (QED) is 0.423. The normalized spacial score (nSPS) is 10.5. The maximum absolute atomic E-state index is 11.8. The predicted molar refractivity (Wildman–Crippen MR) is 115 cm³/mol. The van der Waals surface area contributed by atoms with Crippen molar-refractivity contribution in [2.75, 3.05) is 26.2 Å². The van der Waals surface area contributed by atoms with Gasteiger partial charge >= 0.3 is 0 Å². The third kappa shape index (κ3) is 4.29. The largest absolute Gasteiger partial charge is 0.507 e. The van der Waals surface area contributed by atoms with Crippen molar-refractivity contribution in [1.82, 2.24) is 0 Å². The number of hydrogen-bond acceptors (Lipinski definition) is 7. The maximum atomic E-state index is 11.8. The summed E-state index contributed by atoms with van der Waals surface area (Å²) in [6.45, 7) is 3.88. The fourth-order valence-corrected chi connectivity index (χ4v) is 2.96. The molecule has 0 aromatic heterocycles. The Labute approximate surface area is 175 Å². The lowest BCUT2D eigenvalue weighted by atomic mass is 9.98. The Bertz CT molecular complexity index is 988. The molecule has 0 spiro atoms. The zero-order valence-electron chi connectivity index (χ0n) is 17.6. The number of phenols is 1. The number of nitrogens with zero attached hydrogens (tertiary/aromatic N) is 1. The molecule has 0 aliphatic rings. The van der Waals surface area contributed by atoms with Crippen LogP contribution in [-0.2, 0) is 4.79 Å². The van der Waals surface area contributed by atoms with Crippen LogP contribution in [0.25, 0.3) is 0 Å². The Balaban J connectivity index is 2.71. The molecule has 0 saturated carbocycles. The second kappa shape index (κ2) is 9.17. The number of phenolic OH excluding ortho intramolecular Hbond substituents is 1. The number of ether oxygens (including phenoxy) is 3. The highest BCUT2D eigenvalue weighted by Crippen LogP contribution is 2.37. The Kier molecular flexibility index (Phi) is 6.89. The smallest absolute Gasteiger partial charge is 0.284 e. The molecular formula is C21H26N4O5. The average Bonchev–Trinajstić information content (AvgIpc) is 2.73. The van der Waals surface area contributed by atoms with E-state index < -0.39 is 11.7 Å². The van der Waals surface area contributed by atoms with Crippen molar-refractivity contribution in [1.29, 1.82) is 10.8 Å². The molecule has 0 bridgehead atoms. The molecule has 0 aliphatic carbocycles. The lowest BCUT2D eigenvalue weighted by Crippen LogP contribution is -2.44. The Morgan fingerprint density at radius 1 is 1.03 bits per heavy atom. The molecule has 30 heavy (non-hydrogen) atoms. The van der Waals surface area contributed by atoms with Gasteiger partial charge in [-0.25, -0.2) is 0 Å². The molecule has 0 heterocycles. The van der Waals surface area contributed by atoms with Gasteiger partial charge in [0.25, 0.3) is 5.91 Å². The van der Waals surface area contributed by atoms with Gasteiger partial charge in [-0.2, -0.15) is 0 Å². The van der Waals surface area contributed by atoms with Crippen molar-refractivity contribution < 1.29 is 24.1 Å². The Hall–Kier alpha value is -3.75. The van der Waals surface area contributed by atoms with E-state index in [1.165, 1.54) is 33.5 Å². The molecular weight excluding hydrogens is 388 g/mol. The first kappa shape index (κ1) is 22.5. The van der Waals surface area contributed by atoms with Crippen LogP contribution in [0.3, 0.4) is 0 Å². The van der Waals surface area contributed by atoms with Gasteiger partial charge in [-0.15, -0.1) is 0 Å². The Morgan fingerprint density at radius 3 is 2.17 bits per heavy atom. The molecule has 0 unspecified atom stereocenters. The summed E-state index contributed by atoms with van der Waals surface area (Å²) in [5, 5.41) is 27.4. The maximum Gasteiger partial charge on any atom is 0.284 e. The molecule has 0 atom stereocenters. The number of rotatable bonds is 6. The minimum atomic E-state index is -1.05. The molecule has 2 aromatic carbocycles. The van der Waals surface area contributed by atoms with Crippen LogP contribution in [0.2, 0.25) is 0 Å². The number of anilines is 1. The van der Waals surface area contributed by atoms with Crippen LogP contribution < -0.4 is 24.8 Å². The lowest BCUT2D eigenvalue weighted by molar-refractivity contribution is -0.112. The number of methoxy groups -OCH3 is 3. The first-order valence-corrected chi connectivity index (χ1v) is 9.06. The standard InChI is InChI=1S/C21H26N4O5/c1-11(2)13-9-14(16(26)10-17(13)29-4)19(22)25(20(23)21(24)27)15-7-6-12(28-3)8-18(15)30-5/h6-11,22-23,26H,1-5H3,(H2,24,27). The first-order chi connectivity index (χ1) is 14.2. The van der Waals surface area contributed by atoms with Gasteiger partial charge in [0.05, 0.1) is 32.6 Å². The molecule has 0 radical (unpaired) electrons. The predicted octanol–water partition coefficient (Wildman–Crippen LogP) is 2.84. The van der Waals surface area contributed by atoms with Crippen LogP contribution in [0.4, 0.5) is 5.69 Å². The van der Waals surface area contributed by atoms with E-state index in [0.717, 1.165) is 10.5 Å². The van der Waals surface area contributed by atoms with Gasteiger partial charge in [-0.3, -0.25) is 20.5 Å². The van der Waals surface area contributed by atoms with E-state index in [0.29, 0.717) is 11.5 Å². The minimum Gasteiger partial charge on any atom is -0.507 e. The highest BCUT2D eigenvalue weighted by atomic mass is 16.5. The fourth-order valence-electron chi connectivity index (χ4n) is 2.96. The van der Waals surface area contributed by atoms with Gasteiger partial charge < -0.3 is 25.1 Å². The van der Waals surface area contributed by atoms with Crippen molar-refractivity contribution in [3.63, 3.8) is 0 Å². The van der Waals surface area contributed by atoms with Gasteiger partial charge in [-0.05, 0) is 29.7 Å². The molecule has 9 nitrogen and oxygen atoms in total. The fraction of sp³-hybridized carbons (Fsp3) is 0.286. The second-order valence-corrected chi connectivity index (χ2v) is 6.70. The Morgan fingerprint density at radius 2 is 1.67 bits per heavy atom. The van der Waals surface area contributed by atoms with E-state index in [-0.39, 0.29) is 34.5 Å². The van der Waals surface area contributed by atoms with E-state index in [1.807, 2.05) is 13.8 Å². The number of carbonyl (C=O) groups is 1. The summed E-state index contributed by atoms with van der Waals surface area (Å²) in [6, 6.07) is 7.68. The number of amides is 1. The SMILES string of the molecule is COc1ccc(N(C(=N)C(N)=O)C(=N)c2cc(C(C)C)c(OC)cc2O)c(OC)c1. The number of amidine groups is 2. The average molecular weight is 414 g/mol. The monoisotopic (exact) mass is 414 g/mol. The summed E-state index contributed by atoms with van der Waals surface area (Å²) in [5.41, 5.74) is 6.42. The summed E-state index contributed by atoms with van der Waals surface area (Å²) in [7, 11) is 4.39. The zero-order valence-corrected chi connectivity index (χ0v) is 17.6. The molecule has 2 rings (SSSR count). The van der Waals surface area contributed by atoms with Crippen LogP contribution in [0, 0.1) is 10.8 Å². The summed E-state index contributed by atoms with van der Waals surface area (Å²) in [6.07, 6.45) is 0. The molecule has 160 valence electrons. The summed E-state index contributed by atoms with van der Waals surface area (Å²) < 4.78 is 15.9. The van der Waals surface area contributed by atoms with Gasteiger partial charge in [0.2, 0.25) is 0 Å². The van der Waals surface area contributed by atoms with E-state index >= 15 is 0 Å². The highest BCUT2D eigenvalue weighted by molar-refractivity contribution is 6.48. The summed E-state index contributed by atoms with van der Waals surface area (Å²) >= 11 is 0. The number of nitrogens with two attached hydrogens (primary N) is 1. The van der Waals surface area contributed by atoms with Gasteiger partial charge in [-0.1, -0.05) is 13.8 Å². The van der Waals surface area contributed by atoms with Crippen molar-refractivity contribution in [2.24, 2.45) is 5.73 Å². The van der Waals surface area contributed by atoms with Crippen molar-refractivity contribution in [3.05, 3.63) is 41.5 Å². The molecule has 5 N–H and O–H groups in total. The van der Waals surface area contributed by atoms with Crippen LogP contribution >= 0.6 is 0 Å². The molecule has 1 amide bonds. The number of primary amides is 1. The topological polar surface area (TPSA) is 142 Å². The zero-order chi connectivity index (χ0) is 22.6. The van der Waals surface area contributed by atoms with E-state index in [1.54, 1.807) is 18.2 Å². The number of carbonyl (C=O) groups excluding carboxylic acids is 1. The molecule has 9 heteroatoms. The molecule has 0 saturated heterocycles. The molecule has 0 aliphatic heterocycles. The third-order valence-electron chi connectivity index (χ3n) is 4.53. The van der Waals surface area contributed by atoms with E-state index in [4.69, 9.17) is 30.8 Å². The van der Waals surface area contributed by atoms with Crippen LogP contribution in [0.15, 0.2) is 30.3 Å². The van der Waals surface area contributed by atoms with Gasteiger partial charge in [0.1, 0.15) is 28.8 Å². The first-order valence-electron chi connectivity index (χ1n) is 9.06. The number of hydrogen-bond donors (Lipinski definition) is 4. The van der Waals surface area contributed by atoms with Crippen LogP contribution in [0.5, 0.6) is 23.0 Å².